The maximum atomic E-state index is 12.5. The van der Waals surface area contributed by atoms with Gasteiger partial charge in [-0.2, -0.15) is 13.2 Å². The molecule has 1 unspecified atom stereocenters. The number of alkyl halides is 3. The molecule has 1 atom stereocenters. The highest BCUT2D eigenvalue weighted by Gasteiger charge is 2.35. The van der Waals surface area contributed by atoms with Crippen molar-refractivity contribution < 1.29 is 18.0 Å². The lowest BCUT2D eigenvalue weighted by Gasteiger charge is -2.33. The first kappa shape index (κ1) is 13.7. The number of carbonyl (C=O) groups excluding carboxylic acids is 1. The van der Waals surface area contributed by atoms with Crippen LogP contribution >= 0.6 is 12.6 Å². The van der Waals surface area contributed by atoms with Crippen molar-refractivity contribution in [2.45, 2.75) is 11.7 Å². The van der Waals surface area contributed by atoms with E-state index in [2.05, 4.69) is 32.9 Å². The van der Waals surface area contributed by atoms with Gasteiger partial charge in [0.15, 0.2) is 11.3 Å². The molecule has 1 aliphatic heterocycles. The summed E-state index contributed by atoms with van der Waals surface area (Å²) in [7, 11) is 0. The largest absolute Gasteiger partial charge is 0.433 e. The number of nitrogens with zero attached hydrogens (tertiary/aromatic N) is 3. The number of carbonyl (C=O) groups is 1. The minimum absolute atomic E-state index is 0.209. The lowest BCUT2D eigenvalue weighted by molar-refractivity contribution is -0.141. The topological polar surface area (TPSA) is 73.9 Å². The molecule has 0 spiro atoms. The van der Waals surface area contributed by atoms with Crippen LogP contribution in [-0.2, 0) is 6.18 Å². The number of fused-ring (bicyclic) bond motifs is 1. The molecule has 0 saturated heterocycles. The molecule has 10 heteroatoms. The third kappa shape index (κ3) is 2.31. The Kier molecular flexibility index (Phi) is 3.04. The van der Waals surface area contributed by atoms with Gasteiger partial charge in [-0.1, -0.05) is 0 Å². The molecule has 0 aromatic carbocycles. The molecule has 110 valence electrons. The number of aromatic nitrogens is 3. The Morgan fingerprint density at radius 1 is 1.29 bits per heavy atom. The standard InChI is InChI=1S/C11H8F3N5OS/c12-11(13,14)6-2-1-5(3-15-6)19-8-7(16-4-17-8)9(20)18-10(19)21/h1-4,10,21H,(H,16,17)(H,18,20). The Balaban J connectivity index is 2.01. The number of hydrogen-bond donors (Lipinski definition) is 3. The second-order valence-corrected chi connectivity index (χ2v) is 4.71. The number of aromatic amines is 1. The van der Waals surface area contributed by atoms with E-state index in [1.54, 1.807) is 0 Å². The smallest absolute Gasteiger partial charge is 0.339 e. The molecule has 2 aromatic rings. The molecular weight excluding hydrogens is 307 g/mol. The van der Waals surface area contributed by atoms with Crippen molar-refractivity contribution >= 4 is 30.0 Å². The van der Waals surface area contributed by atoms with Crippen LogP contribution in [0.3, 0.4) is 0 Å². The van der Waals surface area contributed by atoms with Gasteiger partial charge in [0.1, 0.15) is 11.4 Å². The molecule has 2 N–H and O–H groups in total. The SMILES string of the molecule is O=C1NC(S)N(c2ccc(C(F)(F)F)nc2)c2nc[nH]c21. The average Bonchev–Trinajstić information content (AvgIpc) is 2.87. The highest BCUT2D eigenvalue weighted by molar-refractivity contribution is 7.81. The van der Waals surface area contributed by atoms with Gasteiger partial charge in [0.05, 0.1) is 18.2 Å². The third-order valence-corrected chi connectivity index (χ3v) is 3.26. The van der Waals surface area contributed by atoms with Crippen LogP contribution in [0, 0.1) is 0 Å². The zero-order valence-corrected chi connectivity index (χ0v) is 11.1. The Morgan fingerprint density at radius 2 is 2.05 bits per heavy atom. The average molecular weight is 315 g/mol. The Hall–Kier alpha value is -2.23. The van der Waals surface area contributed by atoms with Crippen molar-refractivity contribution in [3.05, 3.63) is 36.0 Å². The summed E-state index contributed by atoms with van der Waals surface area (Å²) in [6, 6.07) is 2.10. The lowest BCUT2D eigenvalue weighted by Crippen LogP contribution is -2.47. The highest BCUT2D eigenvalue weighted by Crippen LogP contribution is 2.33. The van der Waals surface area contributed by atoms with Crippen LogP contribution < -0.4 is 10.2 Å². The van der Waals surface area contributed by atoms with Crippen LogP contribution in [0.5, 0.6) is 0 Å². The summed E-state index contributed by atoms with van der Waals surface area (Å²) >= 11 is 4.20. The molecule has 0 bridgehead atoms. The zero-order valence-electron chi connectivity index (χ0n) is 10.2. The van der Waals surface area contributed by atoms with Gasteiger partial charge in [-0.05, 0) is 12.1 Å². The highest BCUT2D eigenvalue weighted by atomic mass is 32.1. The van der Waals surface area contributed by atoms with Gasteiger partial charge in [0.2, 0.25) is 0 Å². The summed E-state index contributed by atoms with van der Waals surface area (Å²) in [6.45, 7) is 0. The van der Waals surface area contributed by atoms with Crippen molar-refractivity contribution in [2.75, 3.05) is 4.90 Å². The molecular formula is C11H8F3N5OS. The van der Waals surface area contributed by atoms with Crippen molar-refractivity contribution in [2.24, 2.45) is 0 Å². The fraction of sp³-hybridized carbons (Fsp3) is 0.182. The second kappa shape index (κ2) is 4.65. The predicted octanol–water partition coefficient (Wildman–Crippen LogP) is 1.92. The molecule has 1 aliphatic rings. The van der Waals surface area contributed by atoms with Gasteiger partial charge in [0, 0.05) is 0 Å². The number of thiol groups is 1. The van der Waals surface area contributed by atoms with E-state index >= 15 is 0 Å². The molecule has 1 amide bonds. The summed E-state index contributed by atoms with van der Waals surface area (Å²) in [5, 5.41) is 2.54. The lowest BCUT2D eigenvalue weighted by atomic mass is 10.2. The van der Waals surface area contributed by atoms with Crippen LogP contribution in [0.4, 0.5) is 24.7 Å². The van der Waals surface area contributed by atoms with E-state index < -0.39 is 23.3 Å². The number of pyridine rings is 1. The van der Waals surface area contributed by atoms with Gasteiger partial charge in [-0.3, -0.25) is 9.69 Å². The number of halogens is 3. The maximum absolute atomic E-state index is 12.5. The number of amides is 1. The van der Waals surface area contributed by atoms with Crippen LogP contribution in [0.15, 0.2) is 24.7 Å². The number of hydrogen-bond acceptors (Lipinski definition) is 5. The third-order valence-electron chi connectivity index (χ3n) is 2.90. The zero-order chi connectivity index (χ0) is 15.2. The maximum Gasteiger partial charge on any atom is 0.433 e. The van der Waals surface area contributed by atoms with E-state index in [-0.39, 0.29) is 11.5 Å². The molecule has 3 heterocycles. The normalized spacial score (nSPS) is 18.4. The number of anilines is 2. The first-order valence-electron chi connectivity index (χ1n) is 5.73. The van der Waals surface area contributed by atoms with Crippen molar-refractivity contribution in [1.82, 2.24) is 20.3 Å². The molecule has 0 radical (unpaired) electrons. The Labute approximate surface area is 121 Å². The van der Waals surface area contributed by atoms with Gasteiger partial charge in [-0.15, -0.1) is 12.6 Å². The van der Waals surface area contributed by atoms with Crippen molar-refractivity contribution in [3.63, 3.8) is 0 Å². The van der Waals surface area contributed by atoms with Crippen LogP contribution in [-0.4, -0.2) is 26.4 Å². The summed E-state index contributed by atoms with van der Waals surface area (Å²) in [5.41, 5.74) is -1.21. The molecule has 21 heavy (non-hydrogen) atoms. The molecule has 6 nitrogen and oxygen atoms in total. The number of H-pyrrole nitrogens is 1. The number of nitrogens with one attached hydrogen (secondary N) is 2. The monoisotopic (exact) mass is 315 g/mol. The Bertz CT molecular complexity index is 684. The predicted molar refractivity (Wildman–Crippen MR) is 70.2 cm³/mol. The quantitative estimate of drug-likeness (QED) is 0.703. The van der Waals surface area contributed by atoms with E-state index in [0.717, 1.165) is 12.3 Å². The summed E-state index contributed by atoms with van der Waals surface area (Å²) in [4.78, 5) is 23.2. The van der Waals surface area contributed by atoms with Gasteiger partial charge in [0.25, 0.3) is 5.91 Å². The summed E-state index contributed by atoms with van der Waals surface area (Å²) in [5.74, 6) is -0.112. The van der Waals surface area contributed by atoms with Gasteiger partial charge in [-0.25, -0.2) is 9.97 Å². The summed E-state index contributed by atoms with van der Waals surface area (Å²) in [6.07, 6.45) is -2.13. The van der Waals surface area contributed by atoms with Crippen LogP contribution in [0.25, 0.3) is 0 Å². The fourth-order valence-electron chi connectivity index (χ4n) is 1.97. The van der Waals surface area contributed by atoms with E-state index in [1.165, 1.54) is 17.3 Å². The van der Waals surface area contributed by atoms with Crippen molar-refractivity contribution in [1.29, 1.82) is 0 Å². The number of imidazole rings is 1. The molecule has 2 aromatic heterocycles. The fourth-order valence-corrected chi connectivity index (χ4v) is 2.33. The van der Waals surface area contributed by atoms with E-state index in [9.17, 15) is 18.0 Å². The molecule has 0 aliphatic carbocycles. The van der Waals surface area contributed by atoms with Crippen LogP contribution in [0.2, 0.25) is 0 Å². The van der Waals surface area contributed by atoms with Crippen LogP contribution in [0.1, 0.15) is 16.2 Å². The molecule has 3 rings (SSSR count). The first-order valence-corrected chi connectivity index (χ1v) is 6.24. The Morgan fingerprint density at radius 3 is 2.67 bits per heavy atom. The van der Waals surface area contributed by atoms with E-state index in [0.29, 0.717) is 5.69 Å². The van der Waals surface area contributed by atoms with Gasteiger partial charge >= 0.3 is 6.18 Å². The van der Waals surface area contributed by atoms with E-state index in [1.807, 2.05) is 0 Å². The second-order valence-electron chi connectivity index (χ2n) is 4.22. The van der Waals surface area contributed by atoms with E-state index in [4.69, 9.17) is 0 Å². The molecule has 0 fully saturated rings. The number of rotatable bonds is 1. The minimum Gasteiger partial charge on any atom is -0.339 e. The molecule has 0 saturated carbocycles. The van der Waals surface area contributed by atoms with Crippen molar-refractivity contribution in [3.8, 4) is 0 Å². The van der Waals surface area contributed by atoms with Gasteiger partial charge < -0.3 is 10.3 Å². The summed E-state index contributed by atoms with van der Waals surface area (Å²) < 4.78 is 37.5. The first-order chi connectivity index (χ1) is 9.88. The minimum atomic E-state index is -4.51.